The van der Waals surface area contributed by atoms with E-state index in [9.17, 15) is 19.2 Å². The van der Waals surface area contributed by atoms with Crippen molar-refractivity contribution in [3.05, 3.63) is 156 Å². The van der Waals surface area contributed by atoms with Gasteiger partial charge in [-0.3, -0.25) is 0 Å². The fraction of sp³-hybridized carbons (Fsp3) is 0.167. The Morgan fingerprint density at radius 2 is 0.826 bits per heavy atom. The van der Waals surface area contributed by atoms with Crippen molar-refractivity contribution in [3.63, 3.8) is 0 Å². The van der Waals surface area contributed by atoms with Gasteiger partial charge in [0.05, 0.1) is 12.1 Å². The van der Waals surface area contributed by atoms with Crippen LogP contribution in [-0.4, -0.2) is 37.2 Å². The third-order valence-electron chi connectivity index (χ3n) is 6.75. The molecule has 46 heavy (non-hydrogen) atoms. The number of rotatable bonds is 14. The van der Waals surface area contributed by atoms with Gasteiger partial charge in [-0.1, -0.05) is 121 Å². The van der Waals surface area contributed by atoms with E-state index in [-0.39, 0.29) is 13.2 Å². The molecule has 0 saturated heterocycles. The zero-order valence-corrected chi connectivity index (χ0v) is 25.1. The van der Waals surface area contributed by atoms with E-state index in [4.69, 9.17) is 9.47 Å². The number of urea groups is 2. The number of ether oxygens (including phenoxy) is 2. The van der Waals surface area contributed by atoms with Crippen molar-refractivity contribution in [1.29, 1.82) is 0 Å². The Bertz CT molecular complexity index is 1450. The van der Waals surface area contributed by atoms with Gasteiger partial charge in [0.1, 0.15) is 13.2 Å². The SMILES string of the molecule is O=C(NCc1ccccc1)N[C@H](COC(=O)/C=C/C(=O)OC[C@@H](NC(=O)NCc1ccccc1)c1ccccc1)c1ccccc1. The molecule has 0 heterocycles. The molecular formula is C36H36N4O6. The molecule has 4 amide bonds. The van der Waals surface area contributed by atoms with Gasteiger partial charge in [-0.15, -0.1) is 0 Å². The number of amides is 4. The second-order valence-corrected chi connectivity index (χ2v) is 10.1. The van der Waals surface area contributed by atoms with Crippen molar-refractivity contribution >= 4 is 24.0 Å². The topological polar surface area (TPSA) is 135 Å². The Morgan fingerprint density at radius 1 is 0.500 bits per heavy atom. The lowest BCUT2D eigenvalue weighted by molar-refractivity contribution is -0.141. The fourth-order valence-electron chi connectivity index (χ4n) is 4.35. The predicted octanol–water partition coefficient (Wildman–Crippen LogP) is 5.11. The minimum Gasteiger partial charge on any atom is -0.460 e. The van der Waals surface area contributed by atoms with Crippen molar-refractivity contribution in [2.75, 3.05) is 13.2 Å². The molecule has 0 aliphatic rings. The summed E-state index contributed by atoms with van der Waals surface area (Å²) in [6, 6.07) is 35.0. The molecule has 0 aliphatic heterocycles. The van der Waals surface area contributed by atoms with E-state index < -0.39 is 36.1 Å². The maximum absolute atomic E-state index is 12.6. The molecule has 236 valence electrons. The minimum atomic E-state index is -0.789. The molecule has 0 fully saturated rings. The lowest BCUT2D eigenvalue weighted by Gasteiger charge is -2.19. The third-order valence-corrected chi connectivity index (χ3v) is 6.75. The zero-order valence-electron chi connectivity index (χ0n) is 25.1. The summed E-state index contributed by atoms with van der Waals surface area (Å²) in [7, 11) is 0. The van der Waals surface area contributed by atoms with Crippen molar-refractivity contribution in [2.45, 2.75) is 25.2 Å². The molecule has 0 spiro atoms. The Kier molecular flexibility index (Phi) is 12.9. The predicted molar refractivity (Wildman–Crippen MR) is 173 cm³/mol. The number of carbonyl (C=O) groups is 4. The third kappa shape index (κ3) is 11.6. The molecule has 0 aliphatic carbocycles. The van der Waals surface area contributed by atoms with E-state index in [1.54, 1.807) is 0 Å². The molecule has 4 N–H and O–H groups in total. The number of carbonyl (C=O) groups excluding carboxylic acids is 4. The molecule has 10 heteroatoms. The second kappa shape index (κ2) is 18.0. The molecule has 0 bridgehead atoms. The van der Waals surface area contributed by atoms with Gasteiger partial charge in [-0.05, 0) is 22.3 Å². The van der Waals surface area contributed by atoms with Gasteiger partial charge in [-0.2, -0.15) is 0 Å². The molecule has 2 atom stereocenters. The highest BCUT2D eigenvalue weighted by Gasteiger charge is 2.18. The normalized spacial score (nSPS) is 11.9. The highest BCUT2D eigenvalue weighted by Crippen LogP contribution is 2.15. The van der Waals surface area contributed by atoms with Crippen LogP contribution in [0.4, 0.5) is 9.59 Å². The van der Waals surface area contributed by atoms with E-state index in [1.165, 1.54) is 0 Å². The summed E-state index contributed by atoms with van der Waals surface area (Å²) in [6.07, 6.45) is 1.91. The van der Waals surface area contributed by atoms with Gasteiger partial charge in [0.2, 0.25) is 0 Å². The van der Waals surface area contributed by atoms with Crippen LogP contribution in [0.2, 0.25) is 0 Å². The lowest BCUT2D eigenvalue weighted by atomic mass is 10.1. The molecule has 0 saturated carbocycles. The number of nitrogens with one attached hydrogen (secondary N) is 4. The number of hydrogen-bond acceptors (Lipinski definition) is 6. The van der Waals surface area contributed by atoms with Crippen LogP contribution in [0, 0.1) is 0 Å². The van der Waals surface area contributed by atoms with Gasteiger partial charge in [0.25, 0.3) is 0 Å². The zero-order chi connectivity index (χ0) is 32.4. The molecule has 0 unspecified atom stereocenters. The minimum absolute atomic E-state index is 0.168. The van der Waals surface area contributed by atoms with Crippen molar-refractivity contribution in [3.8, 4) is 0 Å². The van der Waals surface area contributed by atoms with Crippen LogP contribution in [-0.2, 0) is 32.2 Å². The molecule has 4 aromatic rings. The van der Waals surface area contributed by atoms with Crippen LogP contribution in [0.5, 0.6) is 0 Å². The van der Waals surface area contributed by atoms with Crippen LogP contribution in [0.1, 0.15) is 34.3 Å². The maximum atomic E-state index is 12.6. The second-order valence-electron chi connectivity index (χ2n) is 10.1. The summed E-state index contributed by atoms with van der Waals surface area (Å²) in [5, 5.41) is 11.2. The largest absolute Gasteiger partial charge is 0.460 e. The highest BCUT2D eigenvalue weighted by atomic mass is 16.5. The summed E-state index contributed by atoms with van der Waals surface area (Å²) in [4.78, 5) is 50.1. The molecule has 4 aromatic carbocycles. The molecular weight excluding hydrogens is 584 g/mol. The van der Waals surface area contributed by atoms with Gasteiger partial charge in [0, 0.05) is 25.2 Å². The quantitative estimate of drug-likeness (QED) is 0.114. The van der Waals surface area contributed by atoms with Gasteiger partial charge < -0.3 is 30.7 Å². The molecule has 0 aromatic heterocycles. The average molecular weight is 621 g/mol. The lowest BCUT2D eigenvalue weighted by Crippen LogP contribution is -2.39. The van der Waals surface area contributed by atoms with E-state index in [0.717, 1.165) is 34.4 Å². The summed E-state index contributed by atoms with van der Waals surface area (Å²) in [6.45, 7) is 0.327. The van der Waals surface area contributed by atoms with Crippen LogP contribution in [0.25, 0.3) is 0 Å². The van der Waals surface area contributed by atoms with E-state index in [1.807, 2.05) is 121 Å². The average Bonchev–Trinajstić information content (AvgIpc) is 3.10. The smallest absolute Gasteiger partial charge is 0.331 e. The first-order valence-corrected chi connectivity index (χ1v) is 14.7. The first-order chi connectivity index (χ1) is 22.5. The molecule has 10 nitrogen and oxygen atoms in total. The monoisotopic (exact) mass is 620 g/mol. The Hall–Kier alpha value is -5.90. The highest BCUT2D eigenvalue weighted by molar-refractivity contribution is 5.91. The van der Waals surface area contributed by atoms with Gasteiger partial charge >= 0.3 is 24.0 Å². The number of benzene rings is 4. The number of esters is 2. The van der Waals surface area contributed by atoms with Gasteiger partial charge in [-0.25, -0.2) is 19.2 Å². The van der Waals surface area contributed by atoms with Crippen molar-refractivity contribution in [2.24, 2.45) is 0 Å². The summed E-state index contributed by atoms with van der Waals surface area (Å²) < 4.78 is 10.7. The fourth-order valence-corrected chi connectivity index (χ4v) is 4.35. The van der Waals surface area contributed by atoms with Crippen molar-refractivity contribution in [1.82, 2.24) is 21.3 Å². The first-order valence-electron chi connectivity index (χ1n) is 14.7. The van der Waals surface area contributed by atoms with Crippen LogP contribution in [0.15, 0.2) is 133 Å². The van der Waals surface area contributed by atoms with Crippen molar-refractivity contribution < 1.29 is 28.7 Å². The van der Waals surface area contributed by atoms with Gasteiger partial charge in [0.15, 0.2) is 0 Å². The van der Waals surface area contributed by atoms with Crippen LogP contribution >= 0.6 is 0 Å². The molecule has 0 radical (unpaired) electrons. The van der Waals surface area contributed by atoms with E-state index in [0.29, 0.717) is 13.1 Å². The summed E-state index contributed by atoms with van der Waals surface area (Å²) in [5.41, 5.74) is 3.35. The Balaban J connectivity index is 1.26. The van der Waals surface area contributed by atoms with E-state index >= 15 is 0 Å². The van der Waals surface area contributed by atoms with E-state index in [2.05, 4.69) is 21.3 Å². The summed E-state index contributed by atoms with van der Waals surface area (Å²) >= 11 is 0. The first kappa shape index (κ1) is 33.0. The standard InChI is InChI=1S/C36H36N4O6/c41-33(45-25-31(29-17-9-3-10-18-29)39-35(43)37-23-27-13-5-1-6-14-27)21-22-34(42)46-26-32(30-19-11-4-12-20-30)40-36(44)38-24-28-15-7-2-8-16-28/h1-22,31-32H,23-26H2,(H2,37,39,43)(H2,38,40,44)/b22-21+/t31-,32-/m1/s1. The molecule has 4 rings (SSSR count). The number of hydrogen-bond donors (Lipinski definition) is 4. The van der Waals surface area contributed by atoms with Crippen LogP contribution < -0.4 is 21.3 Å². The Morgan fingerprint density at radius 3 is 1.17 bits per heavy atom. The Labute approximate surface area is 267 Å². The maximum Gasteiger partial charge on any atom is 0.331 e. The summed E-state index contributed by atoms with van der Waals surface area (Å²) in [5.74, 6) is -1.58. The van der Waals surface area contributed by atoms with Crippen LogP contribution in [0.3, 0.4) is 0 Å².